The van der Waals surface area contributed by atoms with Gasteiger partial charge in [-0.1, -0.05) is 30.3 Å². The number of benzene rings is 2. The number of fused-ring (bicyclic) bond motifs is 2. The molecule has 0 atom stereocenters. The largest absolute Gasteiger partial charge is 0.451 e. The number of nitrogens with zero attached hydrogens (tertiary/aromatic N) is 2. The first-order chi connectivity index (χ1) is 13.1. The molecule has 6 nitrogen and oxygen atoms in total. The van der Waals surface area contributed by atoms with E-state index in [0.717, 1.165) is 10.9 Å². The summed E-state index contributed by atoms with van der Waals surface area (Å²) >= 11 is 0. The lowest BCUT2D eigenvalue weighted by atomic mass is 10.1. The van der Waals surface area contributed by atoms with Crippen molar-refractivity contribution in [3.8, 4) is 0 Å². The molecule has 2 aromatic carbocycles. The molecule has 2 aromatic heterocycles. The second-order valence-corrected chi connectivity index (χ2v) is 6.40. The summed E-state index contributed by atoms with van der Waals surface area (Å²) in [6.45, 7) is 4.43. The molecule has 0 unspecified atom stereocenters. The highest BCUT2D eigenvalue weighted by molar-refractivity contribution is 5.98. The van der Waals surface area contributed by atoms with Crippen molar-refractivity contribution in [1.29, 1.82) is 0 Å². The molecule has 0 radical (unpaired) electrons. The highest BCUT2D eigenvalue weighted by Crippen LogP contribution is 2.26. The number of carbonyl (C=O) groups is 1. The molecular formula is C21H19N3O3. The van der Waals surface area contributed by atoms with Crippen molar-refractivity contribution < 1.29 is 9.21 Å². The third-order valence-corrected chi connectivity index (χ3v) is 4.71. The number of aryl methyl sites for hydroxylation is 1. The predicted molar refractivity (Wildman–Crippen MR) is 104 cm³/mol. The standard InChI is InChI=1S/C21H19N3O3/c1-3-24(12-18-22-16-10-6-4-9-15(16)20(25)23-18)21(26)19-13(2)14-8-5-7-11-17(14)27-19/h4-11H,3,12H2,1-2H3,(H,22,23,25). The van der Waals surface area contributed by atoms with Crippen LogP contribution in [0.3, 0.4) is 0 Å². The fraction of sp³-hybridized carbons (Fsp3) is 0.190. The molecule has 0 aliphatic carbocycles. The lowest BCUT2D eigenvalue weighted by Gasteiger charge is -2.19. The Kier molecular flexibility index (Phi) is 4.24. The van der Waals surface area contributed by atoms with Crippen LogP contribution in [0.1, 0.15) is 28.9 Å². The van der Waals surface area contributed by atoms with Gasteiger partial charge in [-0.15, -0.1) is 0 Å². The van der Waals surface area contributed by atoms with Gasteiger partial charge in [-0.25, -0.2) is 4.98 Å². The van der Waals surface area contributed by atoms with Gasteiger partial charge in [-0.3, -0.25) is 9.59 Å². The van der Waals surface area contributed by atoms with Crippen LogP contribution >= 0.6 is 0 Å². The molecule has 1 amide bonds. The monoisotopic (exact) mass is 361 g/mol. The summed E-state index contributed by atoms with van der Waals surface area (Å²) in [7, 11) is 0. The van der Waals surface area contributed by atoms with E-state index in [1.54, 1.807) is 23.1 Å². The smallest absolute Gasteiger partial charge is 0.290 e. The SMILES string of the molecule is CCN(Cc1nc2ccccc2c(=O)[nH]1)C(=O)c1oc2ccccc2c1C. The predicted octanol–water partition coefficient (Wildman–Crippen LogP) is 3.64. The van der Waals surface area contributed by atoms with Gasteiger partial charge >= 0.3 is 0 Å². The zero-order valence-corrected chi connectivity index (χ0v) is 15.2. The first kappa shape index (κ1) is 17.0. The van der Waals surface area contributed by atoms with Crippen LogP contribution < -0.4 is 5.56 Å². The van der Waals surface area contributed by atoms with E-state index in [1.165, 1.54) is 0 Å². The minimum absolute atomic E-state index is 0.200. The number of para-hydroxylation sites is 2. The van der Waals surface area contributed by atoms with E-state index < -0.39 is 0 Å². The maximum absolute atomic E-state index is 13.0. The average Bonchev–Trinajstić information content (AvgIpc) is 3.02. The molecule has 2 heterocycles. The van der Waals surface area contributed by atoms with Crippen LogP contribution in [-0.4, -0.2) is 27.3 Å². The fourth-order valence-electron chi connectivity index (χ4n) is 3.24. The van der Waals surface area contributed by atoms with Crippen molar-refractivity contribution in [2.24, 2.45) is 0 Å². The quantitative estimate of drug-likeness (QED) is 0.602. The molecule has 0 saturated carbocycles. The molecule has 0 bridgehead atoms. The van der Waals surface area contributed by atoms with Gasteiger partial charge in [0.15, 0.2) is 5.76 Å². The van der Waals surface area contributed by atoms with E-state index in [1.807, 2.05) is 44.2 Å². The zero-order valence-electron chi connectivity index (χ0n) is 15.2. The van der Waals surface area contributed by atoms with Crippen molar-refractivity contribution in [2.45, 2.75) is 20.4 Å². The van der Waals surface area contributed by atoms with Gasteiger partial charge in [-0.2, -0.15) is 0 Å². The maximum atomic E-state index is 13.0. The van der Waals surface area contributed by atoms with Gasteiger partial charge in [0.05, 0.1) is 17.4 Å². The number of H-pyrrole nitrogens is 1. The van der Waals surface area contributed by atoms with Crippen molar-refractivity contribution in [3.05, 3.63) is 76.0 Å². The van der Waals surface area contributed by atoms with Crippen LogP contribution in [0.5, 0.6) is 0 Å². The Bertz CT molecular complexity index is 1210. The van der Waals surface area contributed by atoms with Gasteiger partial charge in [0.2, 0.25) is 0 Å². The molecular weight excluding hydrogens is 342 g/mol. The number of hydrogen-bond donors (Lipinski definition) is 1. The summed E-state index contributed by atoms with van der Waals surface area (Å²) in [5, 5.41) is 1.46. The molecule has 136 valence electrons. The Morgan fingerprint density at radius 2 is 1.81 bits per heavy atom. The Morgan fingerprint density at radius 3 is 2.56 bits per heavy atom. The van der Waals surface area contributed by atoms with Gasteiger partial charge < -0.3 is 14.3 Å². The van der Waals surface area contributed by atoms with Crippen molar-refractivity contribution in [3.63, 3.8) is 0 Å². The number of aromatic amines is 1. The molecule has 1 N–H and O–H groups in total. The van der Waals surface area contributed by atoms with Gasteiger partial charge in [0.25, 0.3) is 11.5 Å². The Morgan fingerprint density at radius 1 is 1.11 bits per heavy atom. The summed E-state index contributed by atoms with van der Waals surface area (Å²) in [6, 6.07) is 14.7. The lowest BCUT2D eigenvalue weighted by molar-refractivity contribution is 0.0717. The summed E-state index contributed by atoms with van der Waals surface area (Å²) < 4.78 is 5.79. The van der Waals surface area contributed by atoms with Gasteiger partial charge in [0.1, 0.15) is 11.4 Å². The summed E-state index contributed by atoms with van der Waals surface area (Å²) in [5.74, 6) is 0.547. The molecule has 4 aromatic rings. The third kappa shape index (κ3) is 2.99. The van der Waals surface area contributed by atoms with Crippen molar-refractivity contribution in [2.75, 3.05) is 6.54 Å². The molecule has 0 aliphatic heterocycles. The van der Waals surface area contributed by atoms with Gasteiger partial charge in [-0.05, 0) is 32.0 Å². The molecule has 27 heavy (non-hydrogen) atoms. The molecule has 0 saturated heterocycles. The first-order valence-corrected chi connectivity index (χ1v) is 8.84. The Labute approximate surface area is 155 Å². The van der Waals surface area contributed by atoms with E-state index in [4.69, 9.17) is 4.42 Å². The average molecular weight is 361 g/mol. The number of hydrogen-bond acceptors (Lipinski definition) is 4. The molecule has 0 aliphatic rings. The molecule has 4 rings (SSSR count). The highest BCUT2D eigenvalue weighted by atomic mass is 16.3. The van der Waals surface area contributed by atoms with E-state index in [-0.39, 0.29) is 18.0 Å². The number of aromatic nitrogens is 2. The molecule has 0 fully saturated rings. The van der Waals surface area contributed by atoms with Crippen LogP contribution in [0.15, 0.2) is 57.7 Å². The second-order valence-electron chi connectivity index (χ2n) is 6.40. The van der Waals surface area contributed by atoms with Crippen LogP contribution in [0.2, 0.25) is 0 Å². The van der Waals surface area contributed by atoms with Crippen LogP contribution in [-0.2, 0) is 6.54 Å². The summed E-state index contributed by atoms with van der Waals surface area (Å²) in [4.78, 5) is 34.2. The summed E-state index contributed by atoms with van der Waals surface area (Å²) in [5.41, 5.74) is 1.90. The topological polar surface area (TPSA) is 79.2 Å². The normalized spacial score (nSPS) is 11.2. The second kappa shape index (κ2) is 6.72. The zero-order chi connectivity index (χ0) is 19.0. The minimum atomic E-state index is -0.220. The third-order valence-electron chi connectivity index (χ3n) is 4.71. The van der Waals surface area contributed by atoms with E-state index in [9.17, 15) is 9.59 Å². The van der Waals surface area contributed by atoms with Crippen molar-refractivity contribution in [1.82, 2.24) is 14.9 Å². The number of nitrogens with one attached hydrogen (secondary N) is 1. The number of amides is 1. The van der Waals surface area contributed by atoms with E-state index in [2.05, 4.69) is 9.97 Å². The van der Waals surface area contributed by atoms with E-state index >= 15 is 0 Å². The van der Waals surface area contributed by atoms with Crippen molar-refractivity contribution >= 4 is 27.8 Å². The number of furan rings is 1. The lowest BCUT2D eigenvalue weighted by Crippen LogP contribution is -2.32. The summed E-state index contributed by atoms with van der Waals surface area (Å²) in [6.07, 6.45) is 0. The first-order valence-electron chi connectivity index (χ1n) is 8.84. The Balaban J connectivity index is 1.68. The fourth-order valence-corrected chi connectivity index (χ4v) is 3.24. The maximum Gasteiger partial charge on any atom is 0.290 e. The number of rotatable bonds is 4. The molecule has 6 heteroatoms. The van der Waals surface area contributed by atoms with Crippen LogP contribution in [0.25, 0.3) is 21.9 Å². The Hall–Kier alpha value is -3.41. The van der Waals surface area contributed by atoms with Crippen LogP contribution in [0.4, 0.5) is 0 Å². The van der Waals surface area contributed by atoms with E-state index in [0.29, 0.717) is 34.6 Å². The minimum Gasteiger partial charge on any atom is -0.451 e. The highest BCUT2D eigenvalue weighted by Gasteiger charge is 2.23. The van der Waals surface area contributed by atoms with Crippen LogP contribution in [0, 0.1) is 6.92 Å². The molecule has 0 spiro atoms. The number of carbonyl (C=O) groups excluding carboxylic acids is 1. The van der Waals surface area contributed by atoms with Gasteiger partial charge in [0, 0.05) is 17.5 Å².